The predicted octanol–water partition coefficient (Wildman–Crippen LogP) is 1.66. The molecule has 1 aliphatic heterocycles. The van der Waals surface area contributed by atoms with Crippen molar-refractivity contribution in [3.8, 4) is 6.07 Å². The Hall–Kier alpha value is -1.37. The molecule has 1 heterocycles. The lowest BCUT2D eigenvalue weighted by Gasteiger charge is -2.37. The molecule has 1 aromatic rings. The Morgan fingerprint density at radius 3 is 2.56 bits per heavy atom. The van der Waals surface area contributed by atoms with Gasteiger partial charge in [0.2, 0.25) is 0 Å². The van der Waals surface area contributed by atoms with Gasteiger partial charge in [-0.2, -0.15) is 5.26 Å². The summed E-state index contributed by atoms with van der Waals surface area (Å²) in [7, 11) is 2.05. The molecule has 0 amide bonds. The largest absolute Gasteiger partial charge is 0.378 e. The molecule has 1 fully saturated rings. The van der Waals surface area contributed by atoms with Crippen LogP contribution in [0.25, 0.3) is 0 Å². The second-order valence-corrected chi connectivity index (χ2v) is 4.54. The van der Waals surface area contributed by atoms with Crippen LogP contribution >= 0.6 is 0 Å². The van der Waals surface area contributed by atoms with E-state index < -0.39 is 0 Å². The summed E-state index contributed by atoms with van der Waals surface area (Å²) in [5.74, 6) is 0. The van der Waals surface area contributed by atoms with Crippen molar-refractivity contribution in [2.24, 2.45) is 5.41 Å². The van der Waals surface area contributed by atoms with Gasteiger partial charge in [-0.25, -0.2) is 0 Å². The first-order valence-corrected chi connectivity index (χ1v) is 5.46. The molecule has 2 rings (SSSR count). The van der Waals surface area contributed by atoms with Gasteiger partial charge in [0.1, 0.15) is 5.41 Å². The van der Waals surface area contributed by atoms with Gasteiger partial charge in [-0.1, -0.05) is 30.3 Å². The number of nitriles is 1. The van der Waals surface area contributed by atoms with E-state index in [2.05, 4.69) is 23.1 Å². The lowest BCUT2D eigenvalue weighted by atomic mass is 9.87. The van der Waals surface area contributed by atoms with E-state index in [1.807, 2.05) is 25.2 Å². The summed E-state index contributed by atoms with van der Waals surface area (Å²) in [5.41, 5.74) is 1.00. The average molecular weight is 216 g/mol. The van der Waals surface area contributed by atoms with Crippen molar-refractivity contribution in [1.82, 2.24) is 4.90 Å². The summed E-state index contributed by atoms with van der Waals surface area (Å²) in [6.45, 7) is 2.80. The number of ether oxygens (including phenoxy) is 1. The van der Waals surface area contributed by atoms with Crippen LogP contribution in [0.4, 0.5) is 0 Å². The van der Waals surface area contributed by atoms with Crippen LogP contribution in [0.15, 0.2) is 30.3 Å². The minimum Gasteiger partial charge on any atom is -0.378 e. The van der Waals surface area contributed by atoms with Crippen LogP contribution in [0.1, 0.15) is 5.56 Å². The van der Waals surface area contributed by atoms with Crippen molar-refractivity contribution in [1.29, 1.82) is 5.26 Å². The van der Waals surface area contributed by atoms with Gasteiger partial charge in [-0.05, 0) is 12.6 Å². The molecule has 0 unspecified atom stereocenters. The van der Waals surface area contributed by atoms with Gasteiger partial charge < -0.3 is 9.64 Å². The van der Waals surface area contributed by atoms with Crippen LogP contribution in [-0.2, 0) is 11.3 Å². The summed E-state index contributed by atoms with van der Waals surface area (Å²) in [5, 5.41) is 9.09. The van der Waals surface area contributed by atoms with E-state index in [4.69, 9.17) is 10.00 Å². The van der Waals surface area contributed by atoms with Gasteiger partial charge in [-0.3, -0.25) is 0 Å². The molecule has 0 spiro atoms. The summed E-state index contributed by atoms with van der Waals surface area (Å²) in [6, 6.07) is 12.7. The number of hydrogen-bond donors (Lipinski definition) is 0. The summed E-state index contributed by atoms with van der Waals surface area (Å²) in [4.78, 5) is 2.18. The second kappa shape index (κ2) is 4.65. The van der Waals surface area contributed by atoms with Crippen LogP contribution in [0.2, 0.25) is 0 Å². The number of benzene rings is 1. The molecule has 1 saturated heterocycles. The van der Waals surface area contributed by atoms with Gasteiger partial charge >= 0.3 is 0 Å². The maximum absolute atomic E-state index is 9.09. The van der Waals surface area contributed by atoms with E-state index in [1.165, 1.54) is 5.56 Å². The van der Waals surface area contributed by atoms with Gasteiger partial charge in [0.05, 0.1) is 19.3 Å². The van der Waals surface area contributed by atoms with E-state index in [0.717, 1.165) is 13.1 Å². The predicted molar refractivity (Wildman–Crippen MR) is 61.6 cm³/mol. The molecule has 0 aliphatic carbocycles. The Bertz CT molecular complexity index is 379. The third-order valence-electron chi connectivity index (χ3n) is 2.86. The third kappa shape index (κ3) is 2.41. The molecule has 1 aromatic carbocycles. The fourth-order valence-electron chi connectivity index (χ4n) is 2.01. The quantitative estimate of drug-likeness (QED) is 0.768. The van der Waals surface area contributed by atoms with Crippen molar-refractivity contribution in [2.75, 3.05) is 26.8 Å². The van der Waals surface area contributed by atoms with Crippen molar-refractivity contribution in [3.63, 3.8) is 0 Å². The highest BCUT2D eigenvalue weighted by Crippen LogP contribution is 2.27. The van der Waals surface area contributed by atoms with Crippen LogP contribution in [0.3, 0.4) is 0 Å². The lowest BCUT2D eigenvalue weighted by Crippen LogP contribution is -2.48. The number of nitrogens with zero attached hydrogens (tertiary/aromatic N) is 2. The first-order chi connectivity index (χ1) is 7.74. The van der Waals surface area contributed by atoms with Crippen LogP contribution in [0.5, 0.6) is 0 Å². The van der Waals surface area contributed by atoms with Crippen LogP contribution in [0, 0.1) is 16.7 Å². The van der Waals surface area contributed by atoms with E-state index >= 15 is 0 Å². The second-order valence-electron chi connectivity index (χ2n) is 4.54. The number of hydrogen-bond acceptors (Lipinski definition) is 3. The first-order valence-electron chi connectivity index (χ1n) is 5.46. The maximum Gasteiger partial charge on any atom is 0.116 e. The van der Waals surface area contributed by atoms with Crippen molar-refractivity contribution >= 4 is 0 Å². The van der Waals surface area contributed by atoms with Gasteiger partial charge in [0, 0.05) is 13.1 Å². The van der Waals surface area contributed by atoms with Crippen LogP contribution in [-0.4, -0.2) is 31.7 Å². The fourth-order valence-corrected chi connectivity index (χ4v) is 2.01. The highest BCUT2D eigenvalue weighted by Gasteiger charge is 2.39. The minimum atomic E-state index is -0.274. The molecule has 84 valence electrons. The molecule has 0 aromatic heterocycles. The average Bonchev–Trinajstić information content (AvgIpc) is 2.25. The molecule has 1 aliphatic rings. The molecule has 0 bridgehead atoms. The Balaban J connectivity index is 1.90. The van der Waals surface area contributed by atoms with E-state index in [-0.39, 0.29) is 5.41 Å². The Kier molecular flexibility index (Phi) is 3.23. The zero-order valence-electron chi connectivity index (χ0n) is 9.52. The molecule has 0 atom stereocenters. The van der Waals surface area contributed by atoms with Gasteiger partial charge in [0.15, 0.2) is 0 Å². The molecule has 3 nitrogen and oxygen atoms in total. The maximum atomic E-state index is 9.09. The fraction of sp³-hybridized carbons (Fsp3) is 0.462. The normalized spacial score (nSPS) is 17.8. The summed E-state index contributed by atoms with van der Waals surface area (Å²) < 4.78 is 5.13. The molecule has 0 N–H and O–H groups in total. The van der Waals surface area contributed by atoms with E-state index in [9.17, 15) is 0 Å². The minimum absolute atomic E-state index is 0.274. The highest BCUT2D eigenvalue weighted by atomic mass is 16.5. The zero-order chi connectivity index (χ0) is 11.4. The topological polar surface area (TPSA) is 36.3 Å². The molecule has 3 heteroatoms. The van der Waals surface area contributed by atoms with Crippen LogP contribution < -0.4 is 0 Å². The molecular weight excluding hydrogens is 200 g/mol. The monoisotopic (exact) mass is 216 g/mol. The third-order valence-corrected chi connectivity index (χ3v) is 2.86. The zero-order valence-corrected chi connectivity index (χ0v) is 9.52. The SMILES string of the molecule is CN(Cc1ccccc1)CC1(C#N)COC1. The Morgan fingerprint density at radius 2 is 2.06 bits per heavy atom. The summed E-state index contributed by atoms with van der Waals surface area (Å²) >= 11 is 0. The van der Waals surface area contributed by atoms with Crippen molar-refractivity contribution < 1.29 is 4.74 Å². The smallest absolute Gasteiger partial charge is 0.116 e. The Labute approximate surface area is 96.2 Å². The van der Waals surface area contributed by atoms with Gasteiger partial charge in [-0.15, -0.1) is 0 Å². The van der Waals surface area contributed by atoms with Crippen molar-refractivity contribution in [3.05, 3.63) is 35.9 Å². The van der Waals surface area contributed by atoms with E-state index in [0.29, 0.717) is 13.2 Å². The van der Waals surface area contributed by atoms with Gasteiger partial charge in [0.25, 0.3) is 0 Å². The van der Waals surface area contributed by atoms with Crippen molar-refractivity contribution in [2.45, 2.75) is 6.54 Å². The standard InChI is InChI=1S/C13H16N2O/c1-15(7-12-5-3-2-4-6-12)9-13(8-14)10-16-11-13/h2-6H,7,9-11H2,1H3. The molecule has 0 saturated carbocycles. The summed E-state index contributed by atoms with van der Waals surface area (Å²) in [6.07, 6.45) is 0. The highest BCUT2D eigenvalue weighted by molar-refractivity contribution is 5.15. The lowest BCUT2D eigenvalue weighted by molar-refractivity contribution is -0.0895. The number of rotatable bonds is 4. The first kappa shape index (κ1) is 11.1. The molecular formula is C13H16N2O. The van der Waals surface area contributed by atoms with E-state index in [1.54, 1.807) is 0 Å². The molecule has 16 heavy (non-hydrogen) atoms. The Morgan fingerprint density at radius 1 is 1.38 bits per heavy atom. The molecule has 0 radical (unpaired) electrons.